The Balaban J connectivity index is 0. The van der Waals surface area contributed by atoms with Gasteiger partial charge in [-0.15, -0.1) is 18.1 Å². The van der Waals surface area contributed by atoms with E-state index >= 15 is 0 Å². The number of hydrogen-bond acceptors (Lipinski definition) is 0. The molecule has 0 aliphatic rings. The van der Waals surface area contributed by atoms with Crippen molar-refractivity contribution in [3.05, 3.63) is 47.5 Å². The number of rotatable bonds is 0. The SMILES string of the molecule is Cc1[c-][nH]c(C)c1C.[Ru+2].[Ru].[c-]1ccc[nH]1. The van der Waals surface area contributed by atoms with Crippen LogP contribution in [0.4, 0.5) is 0 Å². The largest absolute Gasteiger partial charge is 2.00 e. The molecule has 4 heteroatoms. The first kappa shape index (κ1) is 17.2. The summed E-state index contributed by atoms with van der Waals surface area (Å²) in [5, 5.41) is 0. The number of H-pyrrole nitrogens is 2. The van der Waals surface area contributed by atoms with Gasteiger partial charge in [0.1, 0.15) is 0 Å². The molecule has 2 aromatic rings. The average Bonchev–Trinajstić information content (AvgIpc) is 2.75. The number of nitrogens with one attached hydrogen (secondary N) is 2. The second-order valence-corrected chi connectivity index (χ2v) is 2.94. The Hall–Kier alpha value is -0.193. The van der Waals surface area contributed by atoms with Gasteiger partial charge in [-0.1, -0.05) is 20.8 Å². The zero-order chi connectivity index (χ0) is 9.68. The van der Waals surface area contributed by atoms with Gasteiger partial charge in [0.05, 0.1) is 0 Å². The van der Waals surface area contributed by atoms with Crippen molar-refractivity contribution in [2.24, 2.45) is 0 Å². The molecule has 2 heterocycles. The topological polar surface area (TPSA) is 31.6 Å². The molecule has 0 unspecified atom stereocenters. The van der Waals surface area contributed by atoms with Crippen molar-refractivity contribution in [3.8, 4) is 0 Å². The summed E-state index contributed by atoms with van der Waals surface area (Å²) in [4.78, 5) is 5.75. The molecule has 0 aliphatic heterocycles. The molecule has 0 saturated heterocycles. The molecule has 0 spiro atoms. The molecule has 0 bridgehead atoms. The van der Waals surface area contributed by atoms with Crippen LogP contribution in [0.2, 0.25) is 0 Å². The van der Waals surface area contributed by atoms with Crippen molar-refractivity contribution in [1.82, 2.24) is 9.97 Å². The summed E-state index contributed by atoms with van der Waals surface area (Å²) < 4.78 is 0. The van der Waals surface area contributed by atoms with Gasteiger partial charge < -0.3 is 9.97 Å². The molecule has 0 saturated carbocycles. The molecule has 0 atom stereocenters. The minimum absolute atomic E-state index is 0. The molecule has 2 aromatic heterocycles. The smallest absolute Gasteiger partial charge is 0.484 e. The van der Waals surface area contributed by atoms with Crippen LogP contribution >= 0.6 is 0 Å². The van der Waals surface area contributed by atoms with Gasteiger partial charge in [0.15, 0.2) is 0 Å². The zero-order valence-electron chi connectivity index (χ0n) is 8.94. The Morgan fingerprint density at radius 2 is 1.87 bits per heavy atom. The third-order valence-electron chi connectivity index (χ3n) is 2.00. The van der Waals surface area contributed by atoms with Crippen LogP contribution in [0.15, 0.2) is 18.3 Å². The molecule has 84 valence electrons. The predicted octanol–water partition coefficient (Wildman–Crippen LogP) is 2.55. The van der Waals surface area contributed by atoms with Crippen molar-refractivity contribution in [2.45, 2.75) is 20.8 Å². The Kier molecular flexibility index (Phi) is 10.4. The Morgan fingerprint density at radius 3 is 2.00 bits per heavy atom. The van der Waals surface area contributed by atoms with Crippen molar-refractivity contribution >= 4 is 0 Å². The van der Waals surface area contributed by atoms with E-state index in [9.17, 15) is 0 Å². The summed E-state index contributed by atoms with van der Waals surface area (Å²) >= 11 is 0. The second kappa shape index (κ2) is 9.06. The normalized spacial score (nSPS) is 7.93. The molecule has 0 amide bonds. The van der Waals surface area contributed by atoms with Crippen LogP contribution in [0, 0.1) is 33.2 Å². The summed E-state index contributed by atoms with van der Waals surface area (Å²) in [6.45, 7) is 6.20. The summed E-state index contributed by atoms with van der Waals surface area (Å²) in [5.41, 5.74) is 3.77. The fourth-order valence-corrected chi connectivity index (χ4v) is 0.897. The predicted molar refractivity (Wildman–Crippen MR) is 53.5 cm³/mol. The first-order valence-corrected chi connectivity index (χ1v) is 4.24. The van der Waals surface area contributed by atoms with Gasteiger partial charge >= 0.3 is 19.5 Å². The van der Waals surface area contributed by atoms with E-state index in [-0.39, 0.29) is 39.0 Å². The molecular formula is C11H14N2Ru2. The molecule has 0 aliphatic carbocycles. The summed E-state index contributed by atoms with van der Waals surface area (Å²) in [6, 6.07) is 3.71. The van der Waals surface area contributed by atoms with Crippen LogP contribution in [0.25, 0.3) is 0 Å². The van der Waals surface area contributed by atoms with E-state index in [1.54, 1.807) is 0 Å². The monoisotopic (exact) mass is 378 g/mol. The van der Waals surface area contributed by atoms with Crippen LogP contribution in [0.5, 0.6) is 0 Å². The Labute approximate surface area is 117 Å². The molecular weight excluding hydrogens is 362 g/mol. The van der Waals surface area contributed by atoms with E-state index < -0.39 is 0 Å². The van der Waals surface area contributed by atoms with E-state index in [0.717, 1.165) is 0 Å². The maximum absolute atomic E-state index is 3.01. The summed E-state index contributed by atoms with van der Waals surface area (Å²) in [5.74, 6) is 0. The molecule has 0 aromatic carbocycles. The fourth-order valence-electron chi connectivity index (χ4n) is 0.897. The van der Waals surface area contributed by atoms with Gasteiger partial charge in [-0.3, -0.25) is 0 Å². The van der Waals surface area contributed by atoms with Gasteiger partial charge in [0.2, 0.25) is 0 Å². The van der Waals surface area contributed by atoms with Crippen LogP contribution in [-0.2, 0) is 39.0 Å². The van der Waals surface area contributed by atoms with E-state index in [2.05, 4.69) is 43.1 Å². The van der Waals surface area contributed by atoms with Crippen LogP contribution < -0.4 is 0 Å². The number of aromatic amines is 2. The minimum Gasteiger partial charge on any atom is -0.484 e. The average molecular weight is 376 g/mol. The van der Waals surface area contributed by atoms with Crippen LogP contribution in [-0.4, -0.2) is 9.97 Å². The van der Waals surface area contributed by atoms with Gasteiger partial charge in [0.25, 0.3) is 0 Å². The maximum atomic E-state index is 3.01. The third kappa shape index (κ3) is 6.07. The maximum Gasteiger partial charge on any atom is 2.00 e. The quantitative estimate of drug-likeness (QED) is 0.523. The summed E-state index contributed by atoms with van der Waals surface area (Å²) in [6.07, 6.45) is 7.57. The molecule has 2 nitrogen and oxygen atoms in total. The van der Waals surface area contributed by atoms with Gasteiger partial charge in [0, 0.05) is 19.5 Å². The number of aryl methyl sites for hydroxylation is 2. The molecule has 2 N–H and O–H groups in total. The zero-order valence-corrected chi connectivity index (χ0v) is 12.4. The molecule has 0 fully saturated rings. The van der Waals surface area contributed by atoms with Crippen LogP contribution in [0.1, 0.15) is 16.8 Å². The molecule has 0 radical (unpaired) electrons. The Bertz CT molecular complexity index is 303. The fraction of sp³-hybridized carbons (Fsp3) is 0.273. The van der Waals surface area contributed by atoms with Crippen molar-refractivity contribution in [3.63, 3.8) is 0 Å². The van der Waals surface area contributed by atoms with E-state index in [0.29, 0.717) is 0 Å². The Morgan fingerprint density at radius 1 is 1.20 bits per heavy atom. The van der Waals surface area contributed by atoms with Crippen molar-refractivity contribution in [1.29, 1.82) is 0 Å². The number of aromatic nitrogens is 2. The van der Waals surface area contributed by atoms with Crippen molar-refractivity contribution in [2.75, 3.05) is 0 Å². The first-order chi connectivity index (χ1) is 6.22. The second-order valence-electron chi connectivity index (χ2n) is 2.94. The van der Waals surface area contributed by atoms with E-state index in [1.807, 2.05) is 18.3 Å². The van der Waals surface area contributed by atoms with E-state index in [1.165, 1.54) is 16.8 Å². The van der Waals surface area contributed by atoms with Crippen LogP contribution in [0.3, 0.4) is 0 Å². The van der Waals surface area contributed by atoms with Gasteiger partial charge in [-0.05, 0) is 0 Å². The first-order valence-electron chi connectivity index (χ1n) is 4.24. The van der Waals surface area contributed by atoms with Gasteiger partial charge in [-0.2, -0.15) is 29.5 Å². The third-order valence-corrected chi connectivity index (χ3v) is 2.00. The standard InChI is InChI=1S/C7H10N.C4H4N.2Ru/c1-5-4-8-7(3)6(5)2;1-2-4-5-3-1;;/h8H,1-3H3;1-3,5H;;/q2*-1;;+2. The number of hydrogen-bond donors (Lipinski definition) is 2. The van der Waals surface area contributed by atoms with E-state index in [4.69, 9.17) is 0 Å². The molecule has 2 rings (SSSR count). The van der Waals surface area contributed by atoms with Crippen molar-refractivity contribution < 1.29 is 39.0 Å². The van der Waals surface area contributed by atoms with Gasteiger partial charge in [-0.25, -0.2) is 0 Å². The summed E-state index contributed by atoms with van der Waals surface area (Å²) in [7, 11) is 0. The molecule has 15 heavy (non-hydrogen) atoms. The minimum atomic E-state index is 0.